The van der Waals surface area contributed by atoms with E-state index >= 15 is 0 Å². The summed E-state index contributed by atoms with van der Waals surface area (Å²) in [5.74, 6) is 0.776. The van der Waals surface area contributed by atoms with Gasteiger partial charge in [0.15, 0.2) is 0 Å². The molecule has 19 heavy (non-hydrogen) atoms. The van der Waals surface area contributed by atoms with E-state index in [0.717, 1.165) is 29.2 Å². The van der Waals surface area contributed by atoms with Crippen LogP contribution in [0.4, 0.5) is 5.82 Å². The molecular weight excluding hydrogens is 274 g/mol. The number of thiophene rings is 1. The minimum Gasteiger partial charge on any atom is -0.389 e. The molecule has 0 aliphatic heterocycles. The van der Waals surface area contributed by atoms with Crippen molar-refractivity contribution in [3.63, 3.8) is 0 Å². The topological polar surface area (TPSA) is 50.9 Å². The van der Waals surface area contributed by atoms with Crippen LogP contribution in [-0.2, 0) is 6.54 Å². The van der Waals surface area contributed by atoms with Crippen LogP contribution in [0.2, 0.25) is 0 Å². The van der Waals surface area contributed by atoms with Gasteiger partial charge in [0.25, 0.3) is 0 Å². The second-order valence-electron chi connectivity index (χ2n) is 4.55. The third kappa shape index (κ3) is 3.11. The molecule has 0 unspecified atom stereocenters. The largest absolute Gasteiger partial charge is 0.389 e. The summed E-state index contributed by atoms with van der Waals surface area (Å²) < 4.78 is 0. The quantitative estimate of drug-likeness (QED) is 0.849. The van der Waals surface area contributed by atoms with E-state index in [4.69, 9.17) is 18.0 Å². The van der Waals surface area contributed by atoms with Gasteiger partial charge in [-0.3, -0.25) is 0 Å². The van der Waals surface area contributed by atoms with Crippen LogP contribution in [0.1, 0.15) is 27.3 Å². The Bertz CT molecular complexity index is 617. The van der Waals surface area contributed by atoms with Gasteiger partial charge in [-0.25, -0.2) is 4.98 Å². The molecule has 0 bridgehead atoms. The number of hydrogen-bond donors (Lipinski definition) is 2. The Morgan fingerprint density at radius 3 is 2.68 bits per heavy atom. The lowest BCUT2D eigenvalue weighted by atomic mass is 10.1. The van der Waals surface area contributed by atoms with Crippen molar-refractivity contribution in [2.75, 3.05) is 5.32 Å². The number of nitrogens with one attached hydrogen (secondary N) is 1. The smallest absolute Gasteiger partial charge is 0.137 e. The first kappa shape index (κ1) is 14.0. The predicted octanol–water partition coefficient (Wildman–Crippen LogP) is 3.31. The minimum atomic E-state index is 0.385. The molecule has 100 valence electrons. The first-order valence-corrected chi connectivity index (χ1v) is 7.32. The van der Waals surface area contributed by atoms with Gasteiger partial charge in [-0.15, -0.1) is 11.3 Å². The van der Waals surface area contributed by atoms with Gasteiger partial charge in [-0.2, -0.15) is 0 Å². The van der Waals surface area contributed by atoms with E-state index in [1.807, 2.05) is 19.9 Å². The van der Waals surface area contributed by atoms with Crippen LogP contribution < -0.4 is 11.1 Å². The number of aromatic nitrogens is 1. The molecule has 3 N–H and O–H groups in total. The molecule has 2 rings (SSSR count). The Morgan fingerprint density at radius 1 is 1.37 bits per heavy atom. The number of nitrogens with two attached hydrogens (primary N) is 1. The summed E-state index contributed by atoms with van der Waals surface area (Å²) in [5, 5.41) is 5.44. The summed E-state index contributed by atoms with van der Waals surface area (Å²) >= 11 is 6.86. The van der Waals surface area contributed by atoms with Crippen molar-refractivity contribution in [2.45, 2.75) is 27.3 Å². The molecule has 0 saturated carbocycles. The fraction of sp³-hybridized carbons (Fsp3) is 0.286. The van der Waals surface area contributed by atoms with Crippen molar-refractivity contribution in [1.82, 2.24) is 4.98 Å². The maximum absolute atomic E-state index is 5.80. The lowest BCUT2D eigenvalue weighted by Gasteiger charge is -2.13. The summed E-state index contributed by atoms with van der Waals surface area (Å²) in [5.41, 5.74) is 9.95. The zero-order chi connectivity index (χ0) is 14.0. The standard InChI is InChI=1S/C14H17N3S2/c1-8-4-5-19-11(8)7-16-14-12(13(15)18)9(2)6-10(3)17-14/h4-6H,7H2,1-3H3,(H2,15,18)(H,16,17). The zero-order valence-electron chi connectivity index (χ0n) is 11.3. The average molecular weight is 291 g/mol. The molecule has 0 radical (unpaired) electrons. The van der Waals surface area contributed by atoms with Crippen molar-refractivity contribution in [3.8, 4) is 0 Å². The van der Waals surface area contributed by atoms with Crippen LogP contribution in [0.3, 0.4) is 0 Å². The van der Waals surface area contributed by atoms with Crippen molar-refractivity contribution in [3.05, 3.63) is 44.8 Å². The lowest BCUT2D eigenvalue weighted by molar-refractivity contribution is 1.09. The van der Waals surface area contributed by atoms with Crippen LogP contribution in [0.5, 0.6) is 0 Å². The molecule has 2 aromatic rings. The third-order valence-corrected chi connectivity index (χ3v) is 4.20. The molecule has 2 heterocycles. The van der Waals surface area contributed by atoms with Crippen LogP contribution in [-0.4, -0.2) is 9.97 Å². The van der Waals surface area contributed by atoms with E-state index < -0.39 is 0 Å². The normalized spacial score (nSPS) is 10.5. The van der Waals surface area contributed by atoms with Gasteiger partial charge in [0.05, 0.1) is 12.1 Å². The number of nitrogens with zero attached hydrogens (tertiary/aromatic N) is 1. The maximum atomic E-state index is 5.80. The fourth-order valence-electron chi connectivity index (χ4n) is 2.02. The summed E-state index contributed by atoms with van der Waals surface area (Å²) in [6.07, 6.45) is 0. The highest BCUT2D eigenvalue weighted by Gasteiger charge is 2.11. The summed E-state index contributed by atoms with van der Waals surface area (Å²) in [7, 11) is 0. The highest BCUT2D eigenvalue weighted by molar-refractivity contribution is 7.80. The van der Waals surface area contributed by atoms with Crippen molar-refractivity contribution < 1.29 is 0 Å². The van der Waals surface area contributed by atoms with Crippen LogP contribution in [0, 0.1) is 20.8 Å². The van der Waals surface area contributed by atoms with Crippen molar-refractivity contribution >= 4 is 34.4 Å². The second-order valence-corrected chi connectivity index (χ2v) is 5.99. The van der Waals surface area contributed by atoms with E-state index in [2.05, 4.69) is 28.7 Å². The zero-order valence-corrected chi connectivity index (χ0v) is 12.9. The van der Waals surface area contributed by atoms with Crippen LogP contribution in [0.25, 0.3) is 0 Å². The predicted molar refractivity (Wildman–Crippen MR) is 86.0 cm³/mol. The van der Waals surface area contributed by atoms with Gasteiger partial charge in [-0.1, -0.05) is 12.2 Å². The Hall–Kier alpha value is -1.46. The summed E-state index contributed by atoms with van der Waals surface area (Å²) in [6, 6.07) is 4.11. The first-order chi connectivity index (χ1) is 8.99. The number of rotatable bonds is 4. The Balaban J connectivity index is 2.29. The molecule has 0 amide bonds. The Morgan fingerprint density at radius 2 is 2.11 bits per heavy atom. The van der Waals surface area contributed by atoms with E-state index in [1.54, 1.807) is 11.3 Å². The molecule has 0 aliphatic rings. The van der Waals surface area contributed by atoms with E-state index in [1.165, 1.54) is 10.4 Å². The van der Waals surface area contributed by atoms with Gasteiger partial charge < -0.3 is 11.1 Å². The van der Waals surface area contributed by atoms with E-state index in [0.29, 0.717) is 4.99 Å². The monoisotopic (exact) mass is 291 g/mol. The minimum absolute atomic E-state index is 0.385. The highest BCUT2D eigenvalue weighted by atomic mass is 32.1. The molecule has 0 spiro atoms. The van der Waals surface area contributed by atoms with Crippen LogP contribution >= 0.6 is 23.6 Å². The molecule has 0 aliphatic carbocycles. The van der Waals surface area contributed by atoms with Gasteiger partial charge in [0.2, 0.25) is 0 Å². The van der Waals surface area contributed by atoms with Gasteiger partial charge >= 0.3 is 0 Å². The molecule has 0 aromatic carbocycles. The third-order valence-electron chi connectivity index (χ3n) is 2.98. The van der Waals surface area contributed by atoms with Gasteiger partial charge in [0, 0.05) is 10.6 Å². The number of thiocarbonyl (C=S) groups is 1. The van der Waals surface area contributed by atoms with Crippen LogP contribution in [0.15, 0.2) is 17.5 Å². The van der Waals surface area contributed by atoms with E-state index in [-0.39, 0.29) is 0 Å². The van der Waals surface area contributed by atoms with Crippen molar-refractivity contribution in [1.29, 1.82) is 0 Å². The number of aryl methyl sites for hydroxylation is 3. The molecule has 3 nitrogen and oxygen atoms in total. The average Bonchev–Trinajstić information content (AvgIpc) is 2.70. The highest BCUT2D eigenvalue weighted by Crippen LogP contribution is 2.21. The second kappa shape index (κ2) is 5.67. The van der Waals surface area contributed by atoms with E-state index in [9.17, 15) is 0 Å². The number of hydrogen-bond acceptors (Lipinski definition) is 4. The fourth-order valence-corrected chi connectivity index (χ4v) is 3.13. The maximum Gasteiger partial charge on any atom is 0.137 e. The molecular formula is C14H17N3S2. The molecule has 0 saturated heterocycles. The Labute approximate surface area is 122 Å². The lowest BCUT2D eigenvalue weighted by Crippen LogP contribution is -2.16. The molecule has 2 aromatic heterocycles. The van der Waals surface area contributed by atoms with Crippen molar-refractivity contribution in [2.24, 2.45) is 5.73 Å². The SMILES string of the molecule is Cc1cc(C)c(C(N)=S)c(NCc2sccc2C)n1. The van der Waals surface area contributed by atoms with Gasteiger partial charge in [0.1, 0.15) is 10.8 Å². The molecule has 0 atom stereocenters. The first-order valence-electron chi connectivity index (χ1n) is 6.04. The summed E-state index contributed by atoms with van der Waals surface area (Å²) in [6.45, 7) is 6.83. The molecule has 0 fully saturated rings. The Kier molecular flexibility index (Phi) is 4.17. The molecule has 5 heteroatoms. The summed E-state index contributed by atoms with van der Waals surface area (Å²) in [4.78, 5) is 6.20. The number of pyridine rings is 1. The number of anilines is 1. The van der Waals surface area contributed by atoms with Gasteiger partial charge in [-0.05, 0) is 49.4 Å².